The third kappa shape index (κ3) is 4.40. The second-order valence-corrected chi connectivity index (χ2v) is 7.46. The van der Waals surface area contributed by atoms with Gasteiger partial charge in [-0.05, 0) is 60.0 Å². The monoisotopic (exact) mass is 389 g/mol. The van der Waals surface area contributed by atoms with E-state index in [4.69, 9.17) is 4.74 Å². The maximum atomic E-state index is 12.6. The van der Waals surface area contributed by atoms with Crippen molar-refractivity contribution in [3.63, 3.8) is 0 Å². The van der Waals surface area contributed by atoms with Gasteiger partial charge in [-0.3, -0.25) is 9.59 Å². The lowest BCUT2D eigenvalue weighted by Crippen LogP contribution is -2.36. The lowest BCUT2D eigenvalue weighted by molar-refractivity contribution is -0.147. The number of hydrogen-bond donors (Lipinski definition) is 2. The maximum absolute atomic E-state index is 12.6. The summed E-state index contributed by atoms with van der Waals surface area (Å²) in [6, 6.07) is 21.1. The van der Waals surface area contributed by atoms with Crippen LogP contribution in [0.2, 0.25) is 0 Å². The number of carboxylic acid groups (broad SMARTS) is 1. The molecule has 0 spiro atoms. The van der Waals surface area contributed by atoms with Crippen LogP contribution in [0, 0.1) is 11.8 Å². The highest BCUT2D eigenvalue weighted by atomic mass is 16.5. The van der Waals surface area contributed by atoms with Gasteiger partial charge in [0.15, 0.2) is 0 Å². The van der Waals surface area contributed by atoms with Crippen molar-refractivity contribution in [3.8, 4) is 11.5 Å². The van der Waals surface area contributed by atoms with E-state index >= 15 is 0 Å². The summed E-state index contributed by atoms with van der Waals surface area (Å²) in [6.07, 6.45) is 2.93. The molecule has 1 fully saturated rings. The molecule has 29 heavy (non-hydrogen) atoms. The van der Waals surface area contributed by atoms with Gasteiger partial charge in [0.25, 0.3) is 0 Å². The van der Waals surface area contributed by atoms with Crippen molar-refractivity contribution >= 4 is 28.3 Å². The smallest absolute Gasteiger partial charge is 0.307 e. The Morgan fingerprint density at radius 1 is 0.828 bits per heavy atom. The molecule has 1 aliphatic carbocycles. The first-order valence-electron chi connectivity index (χ1n) is 9.90. The summed E-state index contributed by atoms with van der Waals surface area (Å²) >= 11 is 0. The lowest BCUT2D eigenvalue weighted by Gasteiger charge is -2.27. The number of nitrogens with one attached hydrogen (secondary N) is 1. The first-order chi connectivity index (χ1) is 14.1. The van der Waals surface area contributed by atoms with Gasteiger partial charge in [-0.25, -0.2) is 0 Å². The zero-order valence-corrected chi connectivity index (χ0v) is 16.0. The van der Waals surface area contributed by atoms with Crippen molar-refractivity contribution in [1.29, 1.82) is 0 Å². The summed E-state index contributed by atoms with van der Waals surface area (Å²) in [7, 11) is 0. The van der Waals surface area contributed by atoms with Crippen LogP contribution in [0.5, 0.6) is 11.5 Å². The zero-order chi connectivity index (χ0) is 20.2. The fourth-order valence-electron chi connectivity index (χ4n) is 3.95. The van der Waals surface area contributed by atoms with Crippen LogP contribution in [0.25, 0.3) is 10.8 Å². The van der Waals surface area contributed by atoms with Gasteiger partial charge in [-0.15, -0.1) is 0 Å². The summed E-state index contributed by atoms with van der Waals surface area (Å²) in [6.45, 7) is 0. The van der Waals surface area contributed by atoms with Gasteiger partial charge in [0.1, 0.15) is 11.5 Å². The van der Waals surface area contributed by atoms with E-state index in [9.17, 15) is 14.7 Å². The number of ether oxygens (including phenoxy) is 1. The highest BCUT2D eigenvalue weighted by Crippen LogP contribution is 2.32. The largest absolute Gasteiger partial charge is 0.481 e. The first kappa shape index (κ1) is 19.0. The van der Waals surface area contributed by atoms with Crippen LogP contribution in [0.3, 0.4) is 0 Å². The van der Waals surface area contributed by atoms with Crippen LogP contribution >= 0.6 is 0 Å². The predicted molar refractivity (Wildman–Crippen MR) is 112 cm³/mol. The van der Waals surface area contributed by atoms with Crippen LogP contribution in [0.4, 0.5) is 5.69 Å². The molecule has 2 atom stereocenters. The maximum Gasteiger partial charge on any atom is 0.307 e. The van der Waals surface area contributed by atoms with E-state index < -0.39 is 17.8 Å². The molecule has 0 unspecified atom stereocenters. The minimum absolute atomic E-state index is 0.222. The van der Waals surface area contributed by atoms with E-state index in [0.29, 0.717) is 24.3 Å². The molecule has 1 aliphatic rings. The first-order valence-corrected chi connectivity index (χ1v) is 9.90. The lowest BCUT2D eigenvalue weighted by atomic mass is 9.78. The van der Waals surface area contributed by atoms with Crippen molar-refractivity contribution in [2.24, 2.45) is 11.8 Å². The Morgan fingerprint density at radius 3 is 2.21 bits per heavy atom. The normalized spacial score (nSPS) is 18.9. The number of anilines is 1. The Kier molecular flexibility index (Phi) is 5.47. The number of carboxylic acids is 1. The van der Waals surface area contributed by atoms with Crippen LogP contribution in [-0.2, 0) is 9.59 Å². The number of fused-ring (bicyclic) bond motifs is 1. The molecule has 3 aromatic rings. The number of amides is 1. The second-order valence-electron chi connectivity index (χ2n) is 7.46. The van der Waals surface area contributed by atoms with Gasteiger partial charge >= 0.3 is 5.97 Å². The van der Waals surface area contributed by atoms with E-state index in [1.807, 2.05) is 36.4 Å². The average molecular weight is 389 g/mol. The van der Waals surface area contributed by atoms with Gasteiger partial charge in [0.2, 0.25) is 5.91 Å². The number of carbonyl (C=O) groups is 2. The van der Waals surface area contributed by atoms with Crippen LogP contribution in [-0.4, -0.2) is 17.0 Å². The summed E-state index contributed by atoms with van der Waals surface area (Å²) < 4.78 is 5.92. The molecule has 0 heterocycles. The highest BCUT2D eigenvalue weighted by molar-refractivity contribution is 5.95. The van der Waals surface area contributed by atoms with Crippen LogP contribution in [0.1, 0.15) is 25.7 Å². The highest BCUT2D eigenvalue weighted by Gasteiger charge is 2.35. The van der Waals surface area contributed by atoms with E-state index in [1.165, 1.54) is 0 Å². The predicted octanol–water partition coefficient (Wildman–Crippen LogP) is 5.46. The number of benzene rings is 3. The van der Waals surface area contributed by atoms with Gasteiger partial charge < -0.3 is 15.2 Å². The summed E-state index contributed by atoms with van der Waals surface area (Å²) in [4.78, 5) is 24.0. The Morgan fingerprint density at radius 2 is 1.48 bits per heavy atom. The molecule has 2 N–H and O–H groups in total. The zero-order valence-electron chi connectivity index (χ0n) is 16.0. The second kappa shape index (κ2) is 8.35. The molecule has 0 bridgehead atoms. The molecule has 0 aliphatic heterocycles. The summed E-state index contributed by atoms with van der Waals surface area (Å²) in [5.41, 5.74) is 0.635. The average Bonchev–Trinajstić information content (AvgIpc) is 2.75. The molecule has 1 amide bonds. The number of aliphatic carboxylic acids is 1. The molecule has 0 saturated heterocycles. The number of rotatable bonds is 5. The van der Waals surface area contributed by atoms with Crippen molar-refractivity contribution in [1.82, 2.24) is 0 Å². The molecule has 5 nitrogen and oxygen atoms in total. The van der Waals surface area contributed by atoms with Crippen LogP contribution in [0.15, 0.2) is 66.7 Å². The molecule has 1 saturated carbocycles. The van der Waals surface area contributed by atoms with Gasteiger partial charge in [0.05, 0.1) is 11.8 Å². The van der Waals surface area contributed by atoms with Crippen molar-refractivity contribution < 1.29 is 19.4 Å². The van der Waals surface area contributed by atoms with Gasteiger partial charge in [-0.2, -0.15) is 0 Å². The molecule has 5 heteroatoms. The Balaban J connectivity index is 1.42. The van der Waals surface area contributed by atoms with Gasteiger partial charge in [0, 0.05) is 5.69 Å². The number of carbonyl (C=O) groups excluding carboxylic acids is 1. The fourth-order valence-corrected chi connectivity index (χ4v) is 3.95. The Hall–Kier alpha value is -3.34. The minimum atomic E-state index is -0.885. The Labute approximate surface area is 169 Å². The van der Waals surface area contributed by atoms with Crippen molar-refractivity contribution in [3.05, 3.63) is 66.7 Å². The molecular weight excluding hydrogens is 366 g/mol. The third-order valence-corrected chi connectivity index (χ3v) is 5.50. The topological polar surface area (TPSA) is 75.6 Å². The van der Waals surface area contributed by atoms with E-state index in [-0.39, 0.29) is 5.91 Å². The third-order valence-electron chi connectivity index (χ3n) is 5.50. The minimum Gasteiger partial charge on any atom is -0.481 e. The molecular formula is C24H23NO4. The standard InChI is InChI=1S/C24H23NO4/c26-23(21-7-3-4-8-22(21)24(27)28)25-18-10-13-19(14-11-18)29-20-12-9-16-5-1-2-6-17(16)15-20/h1-2,5-6,9-15,21-22H,3-4,7-8H2,(H,25,26)(H,27,28)/t21-,22+/m0/s1. The van der Waals surface area contributed by atoms with Crippen LogP contribution < -0.4 is 10.1 Å². The quantitative estimate of drug-likeness (QED) is 0.607. The number of hydrogen-bond acceptors (Lipinski definition) is 3. The Bertz CT molecular complexity index is 1030. The molecule has 4 rings (SSSR count). The SMILES string of the molecule is O=C(Nc1ccc(Oc2ccc3ccccc3c2)cc1)[C@H]1CCCC[C@H]1C(=O)O. The van der Waals surface area contributed by atoms with E-state index in [2.05, 4.69) is 11.4 Å². The molecule has 0 aromatic heterocycles. The van der Waals surface area contributed by atoms with E-state index in [1.54, 1.807) is 24.3 Å². The molecule has 0 radical (unpaired) electrons. The van der Waals surface area contributed by atoms with Crippen molar-refractivity contribution in [2.45, 2.75) is 25.7 Å². The molecule has 148 valence electrons. The summed E-state index contributed by atoms with van der Waals surface area (Å²) in [5.74, 6) is -0.773. The van der Waals surface area contributed by atoms with Crippen molar-refractivity contribution in [2.75, 3.05) is 5.32 Å². The van der Waals surface area contributed by atoms with E-state index in [0.717, 1.165) is 29.4 Å². The fraction of sp³-hybridized carbons (Fsp3) is 0.250. The van der Waals surface area contributed by atoms with Gasteiger partial charge in [-0.1, -0.05) is 43.2 Å². The summed E-state index contributed by atoms with van der Waals surface area (Å²) in [5, 5.41) is 14.5. The molecule has 3 aromatic carbocycles.